The molecule has 1 aromatic carbocycles. The fraction of sp³-hybridized carbons (Fsp3) is 0.636. The van der Waals surface area contributed by atoms with Gasteiger partial charge >= 0.3 is 0 Å². The number of carbonyl (C=O) groups is 2. The van der Waals surface area contributed by atoms with Crippen molar-refractivity contribution in [2.75, 3.05) is 6.54 Å². The van der Waals surface area contributed by atoms with E-state index in [1.165, 1.54) is 6.07 Å². The van der Waals surface area contributed by atoms with Crippen LogP contribution >= 0.6 is 0 Å². The van der Waals surface area contributed by atoms with Crippen molar-refractivity contribution in [2.24, 2.45) is 17.8 Å². The quantitative estimate of drug-likeness (QED) is 0.799. The highest BCUT2D eigenvalue weighted by atomic mass is 19.2. The van der Waals surface area contributed by atoms with Crippen molar-refractivity contribution in [1.82, 2.24) is 10.2 Å². The Hall–Kier alpha value is -1.98. The van der Waals surface area contributed by atoms with Crippen molar-refractivity contribution in [3.8, 4) is 0 Å². The molecule has 2 aliphatic rings. The predicted octanol–water partition coefficient (Wildman–Crippen LogP) is 3.86. The molecule has 2 amide bonds. The fourth-order valence-electron chi connectivity index (χ4n) is 4.27. The third kappa shape index (κ3) is 4.53. The smallest absolute Gasteiger partial charge is 0.243 e. The van der Waals surface area contributed by atoms with E-state index in [4.69, 9.17) is 0 Å². The van der Waals surface area contributed by atoms with Crippen LogP contribution in [0.25, 0.3) is 0 Å². The molecule has 28 heavy (non-hydrogen) atoms. The van der Waals surface area contributed by atoms with Crippen LogP contribution in [0.3, 0.4) is 0 Å². The van der Waals surface area contributed by atoms with Crippen LogP contribution in [-0.4, -0.2) is 35.3 Å². The summed E-state index contributed by atoms with van der Waals surface area (Å²) < 4.78 is 26.8. The second kappa shape index (κ2) is 8.18. The van der Waals surface area contributed by atoms with Gasteiger partial charge in [0.25, 0.3) is 0 Å². The van der Waals surface area contributed by atoms with E-state index in [1.54, 1.807) is 11.0 Å². The first-order valence-corrected chi connectivity index (χ1v) is 10.2. The van der Waals surface area contributed by atoms with Gasteiger partial charge in [-0.3, -0.25) is 9.59 Å². The number of hydrogen-bond acceptors (Lipinski definition) is 2. The standard InChI is InChI=1S/C22H30F2N2O2/c1-12(2)7-15-11-26(20(8-13(3)4)21(27)25-15)22(28)17-10-16(17)14-5-6-18(23)19(24)9-14/h5-6,9,12-13,15-17,20H,7-8,10-11H2,1-4H3,(H,25,27). The van der Waals surface area contributed by atoms with Crippen LogP contribution in [0.5, 0.6) is 0 Å². The normalized spacial score (nSPS) is 27.3. The highest BCUT2D eigenvalue weighted by molar-refractivity contribution is 5.91. The molecule has 0 radical (unpaired) electrons. The molecule has 2 fully saturated rings. The van der Waals surface area contributed by atoms with Crippen LogP contribution in [0, 0.1) is 29.4 Å². The van der Waals surface area contributed by atoms with E-state index >= 15 is 0 Å². The summed E-state index contributed by atoms with van der Waals surface area (Å²) in [7, 11) is 0. The molecular weight excluding hydrogens is 362 g/mol. The predicted molar refractivity (Wildman–Crippen MR) is 104 cm³/mol. The number of amides is 2. The zero-order valence-electron chi connectivity index (χ0n) is 17.0. The van der Waals surface area contributed by atoms with Crippen molar-refractivity contribution in [1.29, 1.82) is 0 Å². The van der Waals surface area contributed by atoms with E-state index < -0.39 is 17.7 Å². The van der Waals surface area contributed by atoms with Crippen LogP contribution < -0.4 is 5.32 Å². The van der Waals surface area contributed by atoms with E-state index in [0.717, 1.165) is 12.5 Å². The molecule has 1 saturated carbocycles. The van der Waals surface area contributed by atoms with Gasteiger partial charge in [0, 0.05) is 18.5 Å². The molecule has 3 rings (SSSR count). The summed E-state index contributed by atoms with van der Waals surface area (Å²) in [4.78, 5) is 27.7. The van der Waals surface area contributed by atoms with Crippen LogP contribution in [0.1, 0.15) is 58.4 Å². The van der Waals surface area contributed by atoms with E-state index in [1.807, 2.05) is 13.8 Å². The highest BCUT2D eigenvalue weighted by Crippen LogP contribution is 2.49. The highest BCUT2D eigenvalue weighted by Gasteiger charge is 2.49. The lowest BCUT2D eigenvalue weighted by molar-refractivity contribution is -0.146. The molecule has 1 heterocycles. The largest absolute Gasteiger partial charge is 0.350 e. The first kappa shape index (κ1) is 20.7. The first-order valence-electron chi connectivity index (χ1n) is 10.2. The van der Waals surface area contributed by atoms with Gasteiger partial charge in [-0.2, -0.15) is 0 Å². The van der Waals surface area contributed by atoms with Gasteiger partial charge in [0.05, 0.1) is 0 Å². The Balaban J connectivity index is 1.76. The number of carbonyl (C=O) groups excluding carboxylic acids is 2. The monoisotopic (exact) mass is 392 g/mol. The number of nitrogens with one attached hydrogen (secondary N) is 1. The summed E-state index contributed by atoms with van der Waals surface area (Å²) in [6.07, 6.45) is 2.06. The minimum Gasteiger partial charge on any atom is -0.350 e. The zero-order valence-corrected chi connectivity index (χ0v) is 17.0. The molecule has 1 saturated heterocycles. The minimum atomic E-state index is -0.886. The summed E-state index contributed by atoms with van der Waals surface area (Å²) in [6, 6.07) is 3.34. The van der Waals surface area contributed by atoms with Gasteiger partial charge in [-0.1, -0.05) is 33.8 Å². The van der Waals surface area contributed by atoms with Gasteiger partial charge in [0.2, 0.25) is 11.8 Å². The Morgan fingerprint density at radius 1 is 1.14 bits per heavy atom. The lowest BCUT2D eigenvalue weighted by Gasteiger charge is -2.41. The van der Waals surface area contributed by atoms with E-state index in [9.17, 15) is 18.4 Å². The first-order chi connectivity index (χ1) is 13.2. The Bertz CT molecular complexity index is 750. The lowest BCUT2D eigenvalue weighted by Crippen LogP contribution is -2.62. The molecule has 0 spiro atoms. The summed E-state index contributed by atoms with van der Waals surface area (Å²) >= 11 is 0. The molecule has 4 atom stereocenters. The van der Waals surface area contributed by atoms with E-state index in [-0.39, 0.29) is 35.6 Å². The van der Waals surface area contributed by atoms with Gasteiger partial charge in [-0.15, -0.1) is 0 Å². The molecule has 1 aromatic rings. The maximum absolute atomic E-state index is 13.6. The Morgan fingerprint density at radius 3 is 2.43 bits per heavy atom. The SMILES string of the molecule is CC(C)CC1CN(C(=O)C2CC2c2ccc(F)c(F)c2)C(CC(C)C)C(=O)N1. The lowest BCUT2D eigenvalue weighted by atomic mass is 9.94. The van der Waals surface area contributed by atoms with Gasteiger partial charge in [-0.05, 0) is 54.7 Å². The molecular formula is C22H30F2N2O2. The van der Waals surface area contributed by atoms with Crippen molar-refractivity contribution < 1.29 is 18.4 Å². The molecule has 0 bridgehead atoms. The zero-order chi connectivity index (χ0) is 20.6. The number of rotatable bonds is 6. The maximum atomic E-state index is 13.6. The number of halogens is 2. The third-order valence-corrected chi connectivity index (χ3v) is 5.66. The van der Waals surface area contributed by atoms with Crippen LogP contribution in [-0.2, 0) is 9.59 Å². The topological polar surface area (TPSA) is 49.4 Å². The maximum Gasteiger partial charge on any atom is 0.243 e. The van der Waals surface area contributed by atoms with Gasteiger partial charge in [-0.25, -0.2) is 8.78 Å². The number of piperazine rings is 1. The second-order valence-electron chi connectivity index (χ2n) is 9.09. The molecule has 154 valence electrons. The Morgan fingerprint density at radius 2 is 1.82 bits per heavy atom. The van der Waals surface area contributed by atoms with Gasteiger partial charge < -0.3 is 10.2 Å². The molecule has 1 aliphatic heterocycles. The number of nitrogens with zero attached hydrogens (tertiary/aromatic N) is 1. The molecule has 0 aromatic heterocycles. The minimum absolute atomic E-state index is 0.0380. The van der Waals surface area contributed by atoms with Gasteiger partial charge in [0.15, 0.2) is 11.6 Å². The average molecular weight is 392 g/mol. The second-order valence-corrected chi connectivity index (χ2v) is 9.09. The van der Waals surface area contributed by atoms with Gasteiger partial charge in [0.1, 0.15) is 6.04 Å². The number of benzene rings is 1. The van der Waals surface area contributed by atoms with Crippen molar-refractivity contribution >= 4 is 11.8 Å². The molecule has 4 unspecified atom stereocenters. The van der Waals surface area contributed by atoms with E-state index in [2.05, 4.69) is 19.2 Å². The summed E-state index contributed by atoms with van der Waals surface area (Å²) in [6.45, 7) is 8.78. The van der Waals surface area contributed by atoms with Crippen molar-refractivity contribution in [3.05, 3.63) is 35.4 Å². The van der Waals surface area contributed by atoms with Crippen LogP contribution in [0.4, 0.5) is 8.78 Å². The molecule has 1 N–H and O–H groups in total. The fourth-order valence-corrected chi connectivity index (χ4v) is 4.27. The van der Waals surface area contributed by atoms with Crippen LogP contribution in [0.2, 0.25) is 0 Å². The Kier molecular flexibility index (Phi) is 6.06. The summed E-state index contributed by atoms with van der Waals surface area (Å²) in [5.74, 6) is -1.54. The Labute approximate surface area is 165 Å². The van der Waals surface area contributed by atoms with E-state index in [0.29, 0.717) is 30.9 Å². The average Bonchev–Trinajstić information content (AvgIpc) is 3.38. The number of hydrogen-bond donors (Lipinski definition) is 1. The third-order valence-electron chi connectivity index (χ3n) is 5.66. The summed E-state index contributed by atoms with van der Waals surface area (Å²) in [5, 5.41) is 3.08. The molecule has 6 heteroatoms. The van der Waals surface area contributed by atoms with Crippen molar-refractivity contribution in [3.63, 3.8) is 0 Å². The van der Waals surface area contributed by atoms with Crippen LogP contribution in [0.15, 0.2) is 18.2 Å². The summed E-state index contributed by atoms with van der Waals surface area (Å²) in [5.41, 5.74) is 0.651. The van der Waals surface area contributed by atoms with Crippen molar-refractivity contribution in [2.45, 2.75) is 65.0 Å². The molecule has 4 nitrogen and oxygen atoms in total. The molecule has 1 aliphatic carbocycles.